The Balaban J connectivity index is 2.12. The van der Waals surface area contributed by atoms with Gasteiger partial charge in [0.2, 0.25) is 0 Å². The highest BCUT2D eigenvalue weighted by molar-refractivity contribution is 6.04. The number of halogens is 3. The largest absolute Gasteiger partial charge is 0.349 e. The molecule has 0 spiro atoms. The van der Waals surface area contributed by atoms with Crippen molar-refractivity contribution in [3.63, 3.8) is 0 Å². The van der Waals surface area contributed by atoms with Crippen LogP contribution in [0.25, 0.3) is 22.0 Å². The van der Waals surface area contributed by atoms with Gasteiger partial charge in [0.15, 0.2) is 17.5 Å². The predicted molar refractivity (Wildman–Crippen MR) is 84.3 cm³/mol. The standard InChI is InChI=1S/C18H10F3N3O/c19-13-2-1-11(15(20)16(13)21)12-6-9(8-22)5-10-7-14-18(25)23-3-4-24(14)17(10)12/h1-2,5-7H,3-4H2,(H,23,25). The Kier molecular flexibility index (Phi) is 3.29. The molecule has 0 atom stereocenters. The second-order valence-corrected chi connectivity index (χ2v) is 5.73. The van der Waals surface area contributed by atoms with Gasteiger partial charge < -0.3 is 9.88 Å². The fraction of sp³-hybridized carbons (Fsp3) is 0.111. The molecule has 0 radical (unpaired) electrons. The van der Waals surface area contributed by atoms with Crippen LogP contribution in [-0.2, 0) is 6.54 Å². The summed E-state index contributed by atoms with van der Waals surface area (Å²) in [5.74, 6) is -4.47. The summed E-state index contributed by atoms with van der Waals surface area (Å²) in [6, 6.07) is 8.53. The number of carbonyl (C=O) groups is 1. The van der Waals surface area contributed by atoms with E-state index >= 15 is 0 Å². The molecular formula is C18H10F3N3O. The lowest BCUT2D eigenvalue weighted by atomic mass is 9.99. The Morgan fingerprint density at radius 1 is 1.08 bits per heavy atom. The van der Waals surface area contributed by atoms with Gasteiger partial charge >= 0.3 is 0 Å². The third kappa shape index (κ3) is 2.18. The van der Waals surface area contributed by atoms with Gasteiger partial charge in [0.1, 0.15) is 5.69 Å². The highest BCUT2D eigenvalue weighted by Gasteiger charge is 2.24. The first-order valence-corrected chi connectivity index (χ1v) is 7.50. The van der Waals surface area contributed by atoms with Crippen LogP contribution in [0.2, 0.25) is 0 Å². The van der Waals surface area contributed by atoms with Crippen LogP contribution in [0.4, 0.5) is 13.2 Å². The zero-order valence-electron chi connectivity index (χ0n) is 12.7. The number of hydrogen-bond donors (Lipinski definition) is 1. The molecule has 2 aromatic carbocycles. The number of nitriles is 1. The summed E-state index contributed by atoms with van der Waals surface area (Å²) >= 11 is 0. The van der Waals surface area contributed by atoms with Gasteiger partial charge in [0, 0.05) is 29.6 Å². The molecule has 0 unspecified atom stereocenters. The van der Waals surface area contributed by atoms with E-state index in [1.54, 1.807) is 16.7 Å². The van der Waals surface area contributed by atoms with Gasteiger partial charge in [0.25, 0.3) is 5.91 Å². The summed E-state index contributed by atoms with van der Waals surface area (Å²) in [6.07, 6.45) is 0. The number of fused-ring (bicyclic) bond motifs is 3. The Bertz CT molecular complexity index is 1100. The summed E-state index contributed by atoms with van der Waals surface area (Å²) in [4.78, 5) is 12.0. The third-order valence-corrected chi connectivity index (χ3v) is 4.30. The van der Waals surface area contributed by atoms with Gasteiger partial charge in [-0.3, -0.25) is 4.79 Å². The Labute approximate surface area is 140 Å². The molecule has 0 bridgehead atoms. The van der Waals surface area contributed by atoms with Crippen LogP contribution in [0.15, 0.2) is 30.3 Å². The maximum absolute atomic E-state index is 14.3. The molecule has 4 nitrogen and oxygen atoms in total. The van der Waals surface area contributed by atoms with E-state index in [2.05, 4.69) is 5.32 Å². The highest BCUT2D eigenvalue weighted by atomic mass is 19.2. The molecule has 1 aliphatic rings. The zero-order valence-corrected chi connectivity index (χ0v) is 12.7. The number of amides is 1. The second-order valence-electron chi connectivity index (χ2n) is 5.73. The predicted octanol–water partition coefficient (Wildman–Crippen LogP) is 3.34. The molecule has 0 saturated heterocycles. The molecule has 1 aromatic heterocycles. The molecule has 0 fully saturated rings. The number of aromatic nitrogens is 1. The lowest BCUT2D eigenvalue weighted by Gasteiger charge is -2.18. The molecule has 0 aliphatic carbocycles. The molecule has 0 saturated carbocycles. The second kappa shape index (κ2) is 5.38. The fourth-order valence-corrected chi connectivity index (χ4v) is 3.21. The molecule has 1 amide bonds. The monoisotopic (exact) mass is 341 g/mol. The van der Waals surface area contributed by atoms with E-state index in [0.717, 1.165) is 12.1 Å². The van der Waals surface area contributed by atoms with Gasteiger partial charge in [-0.2, -0.15) is 5.26 Å². The fourth-order valence-electron chi connectivity index (χ4n) is 3.21. The maximum Gasteiger partial charge on any atom is 0.268 e. The first kappa shape index (κ1) is 15.3. The number of carbonyl (C=O) groups excluding carboxylic acids is 1. The molecule has 3 aromatic rings. The third-order valence-electron chi connectivity index (χ3n) is 4.30. The van der Waals surface area contributed by atoms with Crippen molar-refractivity contribution in [3.8, 4) is 17.2 Å². The summed E-state index contributed by atoms with van der Waals surface area (Å²) < 4.78 is 43.0. The first-order chi connectivity index (χ1) is 12.0. The number of nitrogens with zero attached hydrogens (tertiary/aromatic N) is 2. The van der Waals surface area contributed by atoms with Crippen molar-refractivity contribution in [2.45, 2.75) is 6.54 Å². The number of rotatable bonds is 1. The van der Waals surface area contributed by atoms with E-state index in [1.807, 2.05) is 6.07 Å². The quantitative estimate of drug-likeness (QED) is 0.690. The van der Waals surface area contributed by atoms with Crippen molar-refractivity contribution in [2.24, 2.45) is 0 Å². The van der Waals surface area contributed by atoms with Gasteiger partial charge in [-0.05, 0) is 30.3 Å². The Hall–Kier alpha value is -3.27. The minimum absolute atomic E-state index is 0.159. The minimum atomic E-state index is -1.57. The molecule has 1 aliphatic heterocycles. The van der Waals surface area contributed by atoms with Crippen molar-refractivity contribution in [2.75, 3.05) is 6.54 Å². The molecule has 124 valence electrons. The van der Waals surface area contributed by atoms with Crippen LogP contribution in [0.5, 0.6) is 0 Å². The average molecular weight is 341 g/mol. The SMILES string of the molecule is N#Cc1cc(-c2ccc(F)c(F)c2F)c2c(c1)cc1n2CCNC1=O. The molecule has 4 rings (SSSR count). The van der Waals surface area contributed by atoms with Crippen molar-refractivity contribution in [1.29, 1.82) is 5.26 Å². The summed E-state index contributed by atoms with van der Waals surface area (Å²) in [5, 5.41) is 12.5. The topological polar surface area (TPSA) is 57.8 Å². The van der Waals surface area contributed by atoms with E-state index in [1.165, 1.54) is 6.07 Å². The van der Waals surface area contributed by atoms with Crippen LogP contribution in [0.3, 0.4) is 0 Å². The lowest BCUT2D eigenvalue weighted by Crippen LogP contribution is -2.34. The number of nitrogens with one attached hydrogen (secondary N) is 1. The lowest BCUT2D eigenvalue weighted by molar-refractivity contribution is 0.0929. The highest BCUT2D eigenvalue weighted by Crippen LogP contribution is 2.35. The van der Waals surface area contributed by atoms with Crippen molar-refractivity contribution < 1.29 is 18.0 Å². The van der Waals surface area contributed by atoms with Gasteiger partial charge in [0.05, 0.1) is 17.1 Å². The summed E-state index contributed by atoms with van der Waals surface area (Å²) in [7, 11) is 0. The van der Waals surface area contributed by atoms with Crippen LogP contribution in [0, 0.1) is 28.8 Å². The Morgan fingerprint density at radius 2 is 1.88 bits per heavy atom. The van der Waals surface area contributed by atoms with Crippen LogP contribution in [0.1, 0.15) is 16.1 Å². The average Bonchev–Trinajstić information content (AvgIpc) is 2.99. The van der Waals surface area contributed by atoms with E-state index in [4.69, 9.17) is 0 Å². The van der Waals surface area contributed by atoms with E-state index in [-0.39, 0.29) is 22.6 Å². The van der Waals surface area contributed by atoms with E-state index < -0.39 is 17.5 Å². The summed E-state index contributed by atoms with van der Waals surface area (Å²) in [5.41, 5.74) is 1.20. The van der Waals surface area contributed by atoms with E-state index in [9.17, 15) is 23.2 Å². The summed E-state index contributed by atoms with van der Waals surface area (Å²) in [6.45, 7) is 0.851. The van der Waals surface area contributed by atoms with E-state index in [0.29, 0.717) is 29.7 Å². The smallest absolute Gasteiger partial charge is 0.268 e. The minimum Gasteiger partial charge on any atom is -0.349 e. The molecule has 7 heteroatoms. The Morgan fingerprint density at radius 3 is 2.64 bits per heavy atom. The number of benzene rings is 2. The van der Waals surface area contributed by atoms with Crippen molar-refractivity contribution in [1.82, 2.24) is 9.88 Å². The molecular weight excluding hydrogens is 331 g/mol. The van der Waals surface area contributed by atoms with Gasteiger partial charge in [-0.25, -0.2) is 13.2 Å². The van der Waals surface area contributed by atoms with Crippen molar-refractivity contribution >= 4 is 16.8 Å². The maximum atomic E-state index is 14.3. The molecule has 2 heterocycles. The zero-order chi connectivity index (χ0) is 17.7. The molecule has 1 N–H and O–H groups in total. The van der Waals surface area contributed by atoms with Crippen LogP contribution >= 0.6 is 0 Å². The molecule has 25 heavy (non-hydrogen) atoms. The van der Waals surface area contributed by atoms with Gasteiger partial charge in [-0.1, -0.05) is 0 Å². The van der Waals surface area contributed by atoms with Crippen molar-refractivity contribution in [3.05, 3.63) is 59.0 Å². The normalized spacial score (nSPS) is 13.4. The van der Waals surface area contributed by atoms with Crippen LogP contribution in [-0.4, -0.2) is 17.0 Å². The first-order valence-electron chi connectivity index (χ1n) is 7.50. The number of hydrogen-bond acceptors (Lipinski definition) is 2. The van der Waals surface area contributed by atoms with Crippen LogP contribution < -0.4 is 5.32 Å². The van der Waals surface area contributed by atoms with Gasteiger partial charge in [-0.15, -0.1) is 0 Å².